The average molecular weight is 225 g/mol. The van der Waals surface area contributed by atoms with Gasteiger partial charge >= 0.3 is 0 Å². The van der Waals surface area contributed by atoms with Gasteiger partial charge < -0.3 is 14.2 Å². The zero-order valence-corrected chi connectivity index (χ0v) is 9.14. The molecule has 88 valence electrons. The van der Waals surface area contributed by atoms with Crippen molar-refractivity contribution >= 4 is 0 Å². The molecule has 0 bridgehead atoms. The van der Waals surface area contributed by atoms with Crippen LogP contribution in [0.25, 0.3) is 0 Å². The van der Waals surface area contributed by atoms with Crippen molar-refractivity contribution in [2.45, 2.75) is 12.7 Å². The molecule has 0 spiro atoms. The summed E-state index contributed by atoms with van der Waals surface area (Å²) in [4.78, 5) is 4.63. The summed E-state index contributed by atoms with van der Waals surface area (Å²) in [6, 6.07) is 5.61. The Morgan fingerprint density at radius 2 is 2.25 bits per heavy atom. The van der Waals surface area contributed by atoms with E-state index in [2.05, 4.69) is 4.84 Å². The molecule has 1 aliphatic rings. The van der Waals surface area contributed by atoms with Crippen LogP contribution in [0.3, 0.4) is 0 Å². The van der Waals surface area contributed by atoms with Crippen LogP contribution in [0.2, 0.25) is 0 Å². The molecule has 0 unspecified atom stereocenters. The first kappa shape index (κ1) is 11.2. The number of para-hydroxylation sites is 1. The summed E-state index contributed by atoms with van der Waals surface area (Å²) >= 11 is 0. The highest BCUT2D eigenvalue weighted by Crippen LogP contribution is 2.33. The smallest absolute Gasteiger partial charge is 0.167 e. The zero-order chi connectivity index (χ0) is 11.4. The van der Waals surface area contributed by atoms with E-state index in [0.717, 1.165) is 5.56 Å². The maximum Gasteiger partial charge on any atom is 0.167 e. The van der Waals surface area contributed by atoms with E-state index in [-0.39, 0.29) is 6.10 Å². The first-order valence-corrected chi connectivity index (χ1v) is 5.07. The van der Waals surface area contributed by atoms with Crippen LogP contribution >= 0.6 is 0 Å². The molecule has 0 saturated carbocycles. The minimum atomic E-state index is 0.0906. The molecular formula is C11H15NO4. The number of nitrogens with two attached hydrogens (primary N) is 1. The Bertz CT molecular complexity index is 352. The monoisotopic (exact) mass is 225 g/mol. The van der Waals surface area contributed by atoms with Crippen LogP contribution in [0, 0.1) is 0 Å². The Kier molecular flexibility index (Phi) is 3.61. The van der Waals surface area contributed by atoms with Gasteiger partial charge in [-0.3, -0.25) is 4.84 Å². The van der Waals surface area contributed by atoms with Gasteiger partial charge in [0.25, 0.3) is 0 Å². The molecule has 1 aromatic rings. The number of hydrogen-bond donors (Lipinski definition) is 1. The van der Waals surface area contributed by atoms with E-state index in [1.165, 1.54) is 0 Å². The Balaban J connectivity index is 2.21. The molecule has 2 N–H and O–H groups in total. The van der Waals surface area contributed by atoms with Crippen molar-refractivity contribution in [3.63, 3.8) is 0 Å². The van der Waals surface area contributed by atoms with Crippen molar-refractivity contribution in [2.75, 3.05) is 20.3 Å². The highest BCUT2D eigenvalue weighted by molar-refractivity contribution is 5.46. The number of rotatable bonds is 5. The maximum absolute atomic E-state index is 5.77. The summed E-state index contributed by atoms with van der Waals surface area (Å²) < 4.78 is 16.1. The normalized spacial score (nSPS) is 15.6. The fourth-order valence-corrected chi connectivity index (χ4v) is 1.51. The van der Waals surface area contributed by atoms with E-state index in [4.69, 9.17) is 20.1 Å². The Morgan fingerprint density at radius 1 is 1.44 bits per heavy atom. The predicted molar refractivity (Wildman–Crippen MR) is 57.2 cm³/mol. The second-order valence-corrected chi connectivity index (χ2v) is 3.54. The van der Waals surface area contributed by atoms with Gasteiger partial charge in [-0.15, -0.1) is 0 Å². The highest BCUT2D eigenvalue weighted by atomic mass is 16.6. The highest BCUT2D eigenvalue weighted by Gasteiger charge is 2.23. The lowest BCUT2D eigenvalue weighted by Crippen LogP contribution is -2.38. The van der Waals surface area contributed by atoms with Gasteiger partial charge in [0.05, 0.1) is 26.9 Å². The lowest BCUT2D eigenvalue weighted by molar-refractivity contribution is -0.0811. The summed E-state index contributed by atoms with van der Waals surface area (Å²) in [5.41, 5.74) is 0.869. The Morgan fingerprint density at radius 3 is 2.81 bits per heavy atom. The van der Waals surface area contributed by atoms with Crippen molar-refractivity contribution in [1.29, 1.82) is 0 Å². The van der Waals surface area contributed by atoms with Crippen LogP contribution in [-0.2, 0) is 16.2 Å². The summed E-state index contributed by atoms with van der Waals surface area (Å²) in [6.45, 7) is 1.52. The summed E-state index contributed by atoms with van der Waals surface area (Å²) in [6.07, 6.45) is 0.0906. The van der Waals surface area contributed by atoms with Crippen molar-refractivity contribution < 1.29 is 19.0 Å². The van der Waals surface area contributed by atoms with Crippen LogP contribution < -0.4 is 15.4 Å². The molecule has 0 aromatic heterocycles. The molecule has 0 aliphatic carbocycles. The van der Waals surface area contributed by atoms with Gasteiger partial charge in [-0.2, -0.15) is 0 Å². The first-order chi connectivity index (χ1) is 7.85. The molecule has 16 heavy (non-hydrogen) atoms. The molecule has 1 aliphatic heterocycles. The molecule has 0 radical (unpaired) electrons. The lowest BCUT2D eigenvalue weighted by atomic mass is 10.2. The quantitative estimate of drug-likeness (QED) is 0.753. The van der Waals surface area contributed by atoms with Gasteiger partial charge in [-0.25, -0.2) is 5.90 Å². The van der Waals surface area contributed by atoms with Gasteiger partial charge in [0, 0.05) is 5.56 Å². The SMILES string of the molecule is COc1cccc(CON)c1OC1COC1. The van der Waals surface area contributed by atoms with Crippen molar-refractivity contribution in [2.24, 2.45) is 5.90 Å². The standard InChI is InChI=1S/C11H15NO4/c1-13-10-4-2-3-8(5-15-12)11(10)16-9-6-14-7-9/h2-4,9H,5-7,12H2,1H3. The fraction of sp³-hybridized carbons (Fsp3) is 0.455. The van der Waals surface area contributed by atoms with Crippen LogP contribution in [0.15, 0.2) is 18.2 Å². The van der Waals surface area contributed by atoms with Gasteiger partial charge in [-0.05, 0) is 6.07 Å². The van der Waals surface area contributed by atoms with Crippen molar-refractivity contribution in [3.05, 3.63) is 23.8 Å². The minimum absolute atomic E-state index is 0.0906. The summed E-state index contributed by atoms with van der Waals surface area (Å²) in [5, 5.41) is 0. The third-order valence-corrected chi connectivity index (χ3v) is 2.41. The predicted octanol–water partition coefficient (Wildman–Crippen LogP) is 0.863. The summed E-state index contributed by atoms with van der Waals surface area (Å²) in [5.74, 6) is 6.44. The van der Waals surface area contributed by atoms with Crippen LogP contribution in [-0.4, -0.2) is 26.4 Å². The van der Waals surface area contributed by atoms with Gasteiger partial charge in [-0.1, -0.05) is 12.1 Å². The number of benzene rings is 1. The Labute approximate surface area is 94.0 Å². The van der Waals surface area contributed by atoms with Gasteiger partial charge in [0.2, 0.25) is 0 Å². The lowest BCUT2D eigenvalue weighted by Gasteiger charge is -2.28. The first-order valence-electron chi connectivity index (χ1n) is 5.07. The van der Waals surface area contributed by atoms with Crippen molar-refractivity contribution in [3.8, 4) is 11.5 Å². The summed E-state index contributed by atoms with van der Waals surface area (Å²) in [7, 11) is 1.60. The zero-order valence-electron chi connectivity index (χ0n) is 9.14. The molecule has 5 nitrogen and oxygen atoms in total. The van der Waals surface area contributed by atoms with E-state index >= 15 is 0 Å². The number of ether oxygens (including phenoxy) is 3. The van der Waals surface area contributed by atoms with Gasteiger partial charge in [0.15, 0.2) is 11.5 Å². The largest absolute Gasteiger partial charge is 0.493 e. The third kappa shape index (κ3) is 2.27. The molecule has 0 atom stereocenters. The molecule has 1 fully saturated rings. The number of methoxy groups -OCH3 is 1. The molecule has 2 rings (SSSR count). The molecular weight excluding hydrogens is 210 g/mol. The maximum atomic E-state index is 5.77. The van der Waals surface area contributed by atoms with Crippen LogP contribution in [0.4, 0.5) is 0 Å². The van der Waals surface area contributed by atoms with E-state index in [1.54, 1.807) is 7.11 Å². The van der Waals surface area contributed by atoms with E-state index in [9.17, 15) is 0 Å². The fourth-order valence-electron chi connectivity index (χ4n) is 1.51. The minimum Gasteiger partial charge on any atom is -0.493 e. The van der Waals surface area contributed by atoms with Crippen LogP contribution in [0.1, 0.15) is 5.56 Å². The molecule has 1 aromatic carbocycles. The average Bonchev–Trinajstić information content (AvgIpc) is 2.25. The Hall–Kier alpha value is -1.30. The van der Waals surface area contributed by atoms with E-state index in [0.29, 0.717) is 31.3 Å². The van der Waals surface area contributed by atoms with E-state index in [1.807, 2.05) is 18.2 Å². The van der Waals surface area contributed by atoms with Crippen molar-refractivity contribution in [1.82, 2.24) is 0 Å². The molecule has 1 saturated heterocycles. The third-order valence-electron chi connectivity index (χ3n) is 2.41. The number of hydrogen-bond acceptors (Lipinski definition) is 5. The topological polar surface area (TPSA) is 62.9 Å². The van der Waals surface area contributed by atoms with Crippen LogP contribution in [0.5, 0.6) is 11.5 Å². The van der Waals surface area contributed by atoms with Gasteiger partial charge in [0.1, 0.15) is 6.10 Å². The molecule has 0 amide bonds. The van der Waals surface area contributed by atoms with E-state index < -0.39 is 0 Å². The molecule has 1 heterocycles. The second kappa shape index (κ2) is 5.16. The second-order valence-electron chi connectivity index (χ2n) is 3.54. The molecule has 5 heteroatoms.